The number of hydrogen-bond acceptors (Lipinski definition) is 8. The first-order valence-electron chi connectivity index (χ1n) is 9.47. The Kier molecular flexibility index (Phi) is 6.44. The van der Waals surface area contributed by atoms with Gasteiger partial charge in [0.25, 0.3) is 0 Å². The zero-order chi connectivity index (χ0) is 22.4. The summed E-state index contributed by atoms with van der Waals surface area (Å²) in [7, 11) is 0. The number of nitrogens with zero attached hydrogens (tertiary/aromatic N) is 3. The molecule has 0 unspecified atom stereocenters. The van der Waals surface area contributed by atoms with E-state index in [1.165, 1.54) is 0 Å². The minimum Gasteiger partial charge on any atom is -0.456 e. The van der Waals surface area contributed by atoms with E-state index in [2.05, 4.69) is 25.6 Å². The van der Waals surface area contributed by atoms with E-state index in [-0.39, 0.29) is 11.8 Å². The highest BCUT2D eigenvalue weighted by Gasteiger charge is 2.14. The van der Waals surface area contributed by atoms with Gasteiger partial charge >= 0.3 is 5.97 Å². The molecule has 4 N–H and O–H groups in total. The maximum Gasteiger partial charge on any atom is 0.349 e. The van der Waals surface area contributed by atoms with Gasteiger partial charge in [0.15, 0.2) is 11.6 Å². The van der Waals surface area contributed by atoms with E-state index >= 15 is 0 Å². The van der Waals surface area contributed by atoms with E-state index in [4.69, 9.17) is 10.5 Å². The van der Waals surface area contributed by atoms with Gasteiger partial charge in [0.2, 0.25) is 5.95 Å². The SMILES string of the molecule is CC(C)(C)OC(=O)C=Nc1cccc(Nc2nc(Nc3cccc(N)c3)ncc2F)c1. The summed E-state index contributed by atoms with van der Waals surface area (Å²) in [4.78, 5) is 24.0. The number of esters is 1. The molecule has 3 aromatic rings. The first kappa shape index (κ1) is 21.7. The molecule has 0 radical (unpaired) electrons. The number of ether oxygens (including phenoxy) is 1. The molecule has 9 heteroatoms. The Hall–Kier alpha value is -4.01. The molecule has 0 bridgehead atoms. The van der Waals surface area contributed by atoms with Crippen LogP contribution in [0.1, 0.15) is 20.8 Å². The van der Waals surface area contributed by atoms with Gasteiger partial charge in [-0.2, -0.15) is 4.98 Å². The average Bonchev–Trinajstić information content (AvgIpc) is 2.68. The second kappa shape index (κ2) is 9.21. The Morgan fingerprint density at radius 3 is 2.55 bits per heavy atom. The predicted octanol–water partition coefficient (Wildman–Crippen LogP) is 4.73. The number of rotatable bonds is 6. The maximum absolute atomic E-state index is 14.2. The predicted molar refractivity (Wildman–Crippen MR) is 120 cm³/mol. The number of aliphatic imine (C=N–C) groups is 1. The van der Waals surface area contributed by atoms with Gasteiger partial charge in [0, 0.05) is 17.1 Å². The van der Waals surface area contributed by atoms with Crippen LogP contribution in [0.4, 0.5) is 38.9 Å². The minimum atomic E-state index is -0.624. The zero-order valence-electron chi connectivity index (χ0n) is 17.4. The zero-order valence-corrected chi connectivity index (χ0v) is 17.4. The van der Waals surface area contributed by atoms with Gasteiger partial charge in [0.05, 0.1) is 11.9 Å². The average molecular weight is 422 g/mol. The molecule has 0 saturated heterocycles. The molecule has 1 heterocycles. The molecule has 160 valence electrons. The summed E-state index contributed by atoms with van der Waals surface area (Å²) < 4.78 is 19.4. The van der Waals surface area contributed by atoms with E-state index in [1.807, 2.05) is 0 Å². The molecule has 0 atom stereocenters. The van der Waals surface area contributed by atoms with Gasteiger partial charge in [-0.15, -0.1) is 0 Å². The molecule has 8 nitrogen and oxygen atoms in total. The standard InChI is InChI=1S/C22H23FN6O2/c1-22(2,3)31-19(30)13-25-15-7-5-9-17(11-15)27-20-18(23)12-26-21(29-20)28-16-8-4-6-14(24)10-16/h4-13H,24H2,1-3H3,(H2,26,27,28,29). The lowest BCUT2D eigenvalue weighted by atomic mass is 10.2. The quantitative estimate of drug-likeness (QED) is 0.299. The Balaban J connectivity index is 1.73. The lowest BCUT2D eigenvalue weighted by Gasteiger charge is -2.17. The number of nitrogen functional groups attached to an aromatic ring is 1. The van der Waals surface area contributed by atoms with Crippen LogP contribution in [0.2, 0.25) is 0 Å². The third kappa shape index (κ3) is 6.77. The molecule has 0 aliphatic carbocycles. The number of benzene rings is 2. The fourth-order valence-corrected chi connectivity index (χ4v) is 2.52. The molecule has 2 aromatic carbocycles. The smallest absolute Gasteiger partial charge is 0.349 e. The molecule has 0 fully saturated rings. The Morgan fingerprint density at radius 2 is 1.84 bits per heavy atom. The van der Waals surface area contributed by atoms with Crippen molar-refractivity contribution in [3.8, 4) is 0 Å². The molecule has 0 spiro atoms. The van der Waals surface area contributed by atoms with Crippen LogP contribution in [0, 0.1) is 5.82 Å². The van der Waals surface area contributed by atoms with Gasteiger partial charge in [-0.1, -0.05) is 12.1 Å². The monoisotopic (exact) mass is 422 g/mol. The molecular weight excluding hydrogens is 399 g/mol. The normalized spacial score (nSPS) is 11.4. The van der Waals surface area contributed by atoms with Crippen LogP contribution < -0.4 is 16.4 Å². The highest BCUT2D eigenvalue weighted by molar-refractivity contribution is 6.23. The van der Waals surface area contributed by atoms with Crippen molar-refractivity contribution in [1.82, 2.24) is 9.97 Å². The van der Waals surface area contributed by atoms with Gasteiger partial charge in [-0.25, -0.2) is 19.2 Å². The number of carbonyl (C=O) groups is 1. The maximum atomic E-state index is 14.2. The van der Waals surface area contributed by atoms with Crippen LogP contribution in [0.5, 0.6) is 0 Å². The fourth-order valence-electron chi connectivity index (χ4n) is 2.52. The first-order chi connectivity index (χ1) is 14.7. The molecule has 1 aromatic heterocycles. The lowest BCUT2D eigenvalue weighted by molar-refractivity contribution is -0.145. The van der Waals surface area contributed by atoms with Crippen LogP contribution in [0.15, 0.2) is 59.7 Å². The van der Waals surface area contributed by atoms with Crippen molar-refractivity contribution in [2.24, 2.45) is 4.99 Å². The van der Waals surface area contributed by atoms with Crippen LogP contribution in [0.3, 0.4) is 0 Å². The van der Waals surface area contributed by atoms with Crippen LogP contribution in [0.25, 0.3) is 0 Å². The van der Waals surface area contributed by atoms with Crippen molar-refractivity contribution in [1.29, 1.82) is 0 Å². The lowest BCUT2D eigenvalue weighted by Crippen LogP contribution is -2.24. The second-order valence-electron chi connectivity index (χ2n) is 7.61. The van der Waals surface area contributed by atoms with Gasteiger partial charge in [-0.3, -0.25) is 0 Å². The van der Waals surface area contributed by atoms with Crippen molar-refractivity contribution in [2.75, 3.05) is 16.4 Å². The number of aromatic nitrogens is 2. The first-order valence-corrected chi connectivity index (χ1v) is 9.47. The number of halogens is 1. The van der Waals surface area contributed by atoms with Crippen molar-refractivity contribution in [2.45, 2.75) is 26.4 Å². The number of nitrogens with two attached hydrogens (primary N) is 1. The van der Waals surface area contributed by atoms with Crippen molar-refractivity contribution in [3.63, 3.8) is 0 Å². The molecule has 0 saturated carbocycles. The van der Waals surface area contributed by atoms with Crippen molar-refractivity contribution < 1.29 is 13.9 Å². The molecule has 0 aliphatic heterocycles. The van der Waals surface area contributed by atoms with Crippen molar-refractivity contribution >= 4 is 46.7 Å². The molecular formula is C22H23FN6O2. The van der Waals surface area contributed by atoms with Crippen LogP contribution in [-0.2, 0) is 9.53 Å². The molecule has 0 aliphatic rings. The summed E-state index contributed by atoms with van der Waals surface area (Å²) in [6, 6.07) is 13.8. The number of hydrogen-bond donors (Lipinski definition) is 3. The van der Waals surface area contributed by atoms with Crippen LogP contribution >= 0.6 is 0 Å². The third-order valence-electron chi connectivity index (χ3n) is 3.72. The minimum absolute atomic E-state index is 0.0188. The third-order valence-corrected chi connectivity index (χ3v) is 3.72. The van der Waals surface area contributed by atoms with Crippen LogP contribution in [-0.4, -0.2) is 27.8 Å². The largest absolute Gasteiger partial charge is 0.456 e. The Labute approximate surface area is 179 Å². The van der Waals surface area contributed by atoms with Gasteiger partial charge in [-0.05, 0) is 57.2 Å². The summed E-state index contributed by atoms with van der Waals surface area (Å²) in [5, 5.41) is 5.87. The molecule has 3 rings (SSSR count). The van der Waals surface area contributed by atoms with Gasteiger partial charge in [0.1, 0.15) is 11.8 Å². The number of nitrogens with one attached hydrogen (secondary N) is 2. The highest BCUT2D eigenvalue weighted by atomic mass is 19.1. The van der Waals surface area contributed by atoms with E-state index < -0.39 is 17.4 Å². The summed E-state index contributed by atoms with van der Waals surface area (Å²) in [5.74, 6) is -0.992. The summed E-state index contributed by atoms with van der Waals surface area (Å²) in [5.41, 5.74) is 7.44. The van der Waals surface area contributed by atoms with Gasteiger partial charge < -0.3 is 21.1 Å². The molecule has 31 heavy (non-hydrogen) atoms. The molecule has 0 amide bonds. The number of carbonyl (C=O) groups excluding carboxylic acids is 1. The van der Waals surface area contributed by atoms with E-state index in [0.717, 1.165) is 12.4 Å². The summed E-state index contributed by atoms with van der Waals surface area (Å²) in [6.45, 7) is 5.32. The Morgan fingerprint density at radius 1 is 1.13 bits per heavy atom. The second-order valence-corrected chi connectivity index (χ2v) is 7.61. The Bertz CT molecular complexity index is 1110. The van der Waals surface area contributed by atoms with E-state index in [9.17, 15) is 9.18 Å². The summed E-state index contributed by atoms with van der Waals surface area (Å²) >= 11 is 0. The fraction of sp³-hybridized carbons (Fsp3) is 0.182. The van der Waals surface area contributed by atoms with Crippen molar-refractivity contribution in [3.05, 3.63) is 60.5 Å². The summed E-state index contributed by atoms with van der Waals surface area (Å²) in [6.07, 6.45) is 2.16. The highest BCUT2D eigenvalue weighted by Crippen LogP contribution is 2.24. The number of anilines is 5. The van der Waals surface area contributed by atoms with E-state index in [0.29, 0.717) is 22.7 Å². The topological polar surface area (TPSA) is 115 Å². The van der Waals surface area contributed by atoms with E-state index in [1.54, 1.807) is 69.3 Å².